The number of nitrogens with two attached hydrogens (primary N) is 1. The summed E-state index contributed by atoms with van der Waals surface area (Å²) >= 11 is 0. The lowest BCUT2D eigenvalue weighted by Gasteiger charge is -2.38. The molecule has 0 spiro atoms. The molecule has 5 nitrogen and oxygen atoms in total. The lowest BCUT2D eigenvalue weighted by molar-refractivity contribution is -0.122. The van der Waals surface area contributed by atoms with Gasteiger partial charge in [-0.05, 0) is 33.6 Å². The Morgan fingerprint density at radius 2 is 1.45 bits per heavy atom. The van der Waals surface area contributed by atoms with Gasteiger partial charge in [-0.15, -0.1) is 0 Å². The summed E-state index contributed by atoms with van der Waals surface area (Å²) < 4.78 is 17.8. The quantitative estimate of drug-likeness (QED) is 0.563. The second-order valence-corrected chi connectivity index (χ2v) is 7.53. The summed E-state index contributed by atoms with van der Waals surface area (Å²) in [5.74, 6) is -0.548. The standard InChI is InChI=1S/C14H31NO4Si/c1-6-11-13(12(7-2)14(15)16)20(17-8-3,18-9-4)19-10-5/h12-13H,6-11H2,1-5H3,(H2,15,16). The smallest absolute Gasteiger partial charge is 0.374 e. The van der Waals surface area contributed by atoms with Crippen molar-refractivity contribution in [2.75, 3.05) is 19.8 Å². The van der Waals surface area contributed by atoms with Gasteiger partial charge in [-0.25, -0.2) is 0 Å². The van der Waals surface area contributed by atoms with Crippen LogP contribution in [0.4, 0.5) is 0 Å². The highest BCUT2D eigenvalue weighted by molar-refractivity contribution is 6.62. The Morgan fingerprint density at radius 1 is 1.00 bits per heavy atom. The van der Waals surface area contributed by atoms with E-state index < -0.39 is 8.80 Å². The van der Waals surface area contributed by atoms with Crippen LogP contribution in [0.25, 0.3) is 0 Å². The summed E-state index contributed by atoms with van der Waals surface area (Å²) in [6.45, 7) is 11.4. The van der Waals surface area contributed by atoms with Crippen LogP contribution in [-0.2, 0) is 18.1 Å². The third kappa shape index (κ3) is 5.16. The molecule has 0 saturated heterocycles. The highest BCUT2D eigenvalue weighted by Crippen LogP contribution is 2.38. The fourth-order valence-corrected chi connectivity index (χ4v) is 6.30. The van der Waals surface area contributed by atoms with Gasteiger partial charge < -0.3 is 19.0 Å². The van der Waals surface area contributed by atoms with Gasteiger partial charge in [0.25, 0.3) is 0 Å². The molecule has 2 atom stereocenters. The zero-order chi connectivity index (χ0) is 15.6. The third-order valence-electron chi connectivity index (χ3n) is 3.38. The Labute approximate surface area is 124 Å². The molecular weight excluding hydrogens is 274 g/mol. The molecular formula is C14H31NO4Si. The average Bonchev–Trinajstić information content (AvgIpc) is 2.39. The number of carbonyl (C=O) groups excluding carboxylic acids is 1. The summed E-state index contributed by atoms with van der Waals surface area (Å²) in [6, 6.07) is 0. The first-order valence-corrected chi connectivity index (χ1v) is 9.54. The van der Waals surface area contributed by atoms with Gasteiger partial charge in [0.15, 0.2) is 0 Å². The van der Waals surface area contributed by atoms with Crippen molar-refractivity contribution in [3.63, 3.8) is 0 Å². The van der Waals surface area contributed by atoms with E-state index in [4.69, 9.17) is 19.0 Å². The Kier molecular flexibility index (Phi) is 10.1. The molecule has 0 aromatic heterocycles. The number of primary amides is 1. The van der Waals surface area contributed by atoms with Crippen molar-refractivity contribution < 1.29 is 18.1 Å². The number of carbonyl (C=O) groups is 1. The first kappa shape index (κ1) is 19.6. The Morgan fingerprint density at radius 3 is 1.70 bits per heavy atom. The number of hydrogen-bond donors (Lipinski definition) is 1. The van der Waals surface area contributed by atoms with E-state index in [2.05, 4.69) is 6.92 Å². The molecule has 0 bridgehead atoms. The third-order valence-corrected chi connectivity index (χ3v) is 7.05. The molecule has 0 aliphatic rings. The molecule has 1 amide bonds. The van der Waals surface area contributed by atoms with Gasteiger partial charge in [-0.1, -0.05) is 20.3 Å². The van der Waals surface area contributed by atoms with E-state index in [9.17, 15) is 4.79 Å². The van der Waals surface area contributed by atoms with Crippen molar-refractivity contribution >= 4 is 14.7 Å². The van der Waals surface area contributed by atoms with Crippen molar-refractivity contribution in [2.45, 2.75) is 59.4 Å². The Balaban J connectivity index is 5.51. The molecule has 20 heavy (non-hydrogen) atoms. The molecule has 120 valence electrons. The minimum Gasteiger partial charge on any atom is -0.374 e. The molecule has 0 saturated carbocycles. The molecule has 0 radical (unpaired) electrons. The maximum atomic E-state index is 11.8. The monoisotopic (exact) mass is 305 g/mol. The minimum absolute atomic E-state index is 0.0603. The van der Waals surface area contributed by atoms with Crippen LogP contribution in [0.15, 0.2) is 0 Å². The van der Waals surface area contributed by atoms with E-state index in [1.54, 1.807) is 0 Å². The first-order valence-electron chi connectivity index (χ1n) is 7.73. The number of hydrogen-bond acceptors (Lipinski definition) is 4. The van der Waals surface area contributed by atoms with E-state index in [1.807, 2.05) is 27.7 Å². The van der Waals surface area contributed by atoms with Crippen LogP contribution in [0.2, 0.25) is 5.54 Å². The Bertz CT molecular complexity index is 259. The lowest BCUT2D eigenvalue weighted by atomic mass is 9.98. The molecule has 6 heteroatoms. The van der Waals surface area contributed by atoms with Crippen LogP contribution < -0.4 is 5.73 Å². The van der Waals surface area contributed by atoms with Crippen molar-refractivity contribution in [3.05, 3.63) is 0 Å². The highest BCUT2D eigenvalue weighted by Gasteiger charge is 2.52. The summed E-state index contributed by atoms with van der Waals surface area (Å²) in [5, 5.41) is 0. The molecule has 2 unspecified atom stereocenters. The molecule has 0 aromatic carbocycles. The molecule has 0 heterocycles. The van der Waals surface area contributed by atoms with Crippen molar-refractivity contribution in [3.8, 4) is 0 Å². The van der Waals surface area contributed by atoms with Crippen LogP contribution in [0.1, 0.15) is 53.9 Å². The van der Waals surface area contributed by atoms with Gasteiger partial charge in [0.05, 0.1) is 0 Å². The van der Waals surface area contributed by atoms with E-state index in [0.29, 0.717) is 26.2 Å². The lowest BCUT2D eigenvalue weighted by Crippen LogP contribution is -2.54. The van der Waals surface area contributed by atoms with Crippen molar-refractivity contribution in [2.24, 2.45) is 11.7 Å². The van der Waals surface area contributed by atoms with Gasteiger partial charge in [-0.3, -0.25) is 4.79 Å². The molecule has 0 fully saturated rings. The summed E-state index contributed by atoms with van der Waals surface area (Å²) in [4.78, 5) is 11.8. The second-order valence-electron chi connectivity index (χ2n) is 4.71. The Hall–Kier alpha value is -0.433. The maximum Gasteiger partial charge on any atom is 0.505 e. The summed E-state index contributed by atoms with van der Waals surface area (Å²) in [5.41, 5.74) is 5.52. The maximum absolute atomic E-state index is 11.8. The van der Waals surface area contributed by atoms with Crippen LogP contribution in [-0.4, -0.2) is 34.5 Å². The van der Waals surface area contributed by atoms with E-state index >= 15 is 0 Å². The topological polar surface area (TPSA) is 70.8 Å². The van der Waals surface area contributed by atoms with Gasteiger partial charge in [-0.2, -0.15) is 0 Å². The zero-order valence-electron chi connectivity index (χ0n) is 13.6. The second kappa shape index (κ2) is 10.3. The van der Waals surface area contributed by atoms with Crippen molar-refractivity contribution in [1.82, 2.24) is 0 Å². The van der Waals surface area contributed by atoms with Crippen LogP contribution in [0, 0.1) is 5.92 Å². The minimum atomic E-state index is -2.89. The summed E-state index contributed by atoms with van der Waals surface area (Å²) in [6.07, 6.45) is 2.45. The molecule has 0 aliphatic heterocycles. The molecule has 0 aromatic rings. The molecule has 2 N–H and O–H groups in total. The van der Waals surface area contributed by atoms with Gasteiger partial charge in [0.1, 0.15) is 0 Å². The highest BCUT2D eigenvalue weighted by atomic mass is 28.4. The van der Waals surface area contributed by atoms with Crippen LogP contribution in [0.3, 0.4) is 0 Å². The van der Waals surface area contributed by atoms with Crippen molar-refractivity contribution in [1.29, 1.82) is 0 Å². The van der Waals surface area contributed by atoms with Gasteiger partial charge in [0.2, 0.25) is 5.91 Å². The SMILES string of the molecule is CCCC(C(CC)C(N)=O)[Si](OCC)(OCC)OCC. The van der Waals surface area contributed by atoms with E-state index in [0.717, 1.165) is 12.8 Å². The van der Waals surface area contributed by atoms with Crippen LogP contribution >= 0.6 is 0 Å². The van der Waals surface area contributed by atoms with E-state index in [1.165, 1.54) is 0 Å². The predicted octanol–water partition coefficient (Wildman–Crippen LogP) is 2.72. The van der Waals surface area contributed by atoms with Gasteiger partial charge in [0, 0.05) is 31.3 Å². The molecule has 0 rings (SSSR count). The number of rotatable bonds is 12. The fourth-order valence-electron chi connectivity index (χ4n) is 2.67. The van der Waals surface area contributed by atoms with Gasteiger partial charge >= 0.3 is 8.80 Å². The fraction of sp³-hybridized carbons (Fsp3) is 0.929. The molecule has 0 aliphatic carbocycles. The normalized spacial score (nSPS) is 15.1. The number of amides is 1. The largest absolute Gasteiger partial charge is 0.505 e. The van der Waals surface area contributed by atoms with E-state index in [-0.39, 0.29) is 17.4 Å². The summed E-state index contributed by atoms with van der Waals surface area (Å²) in [7, 11) is -2.89. The first-order chi connectivity index (χ1) is 9.52. The zero-order valence-corrected chi connectivity index (χ0v) is 14.6. The average molecular weight is 305 g/mol. The predicted molar refractivity (Wildman–Crippen MR) is 82.3 cm³/mol. The van der Waals surface area contributed by atoms with Crippen LogP contribution in [0.5, 0.6) is 0 Å².